The van der Waals surface area contributed by atoms with E-state index >= 15 is 0 Å². The third-order valence-corrected chi connectivity index (χ3v) is 4.92. The van der Waals surface area contributed by atoms with Crippen LogP contribution in [0, 0.1) is 20.8 Å². The minimum Gasteiger partial charge on any atom is -0.473 e. The number of hydrogen-bond donors (Lipinski definition) is 0. The predicted octanol–water partition coefficient (Wildman–Crippen LogP) is 4.22. The van der Waals surface area contributed by atoms with Crippen LogP contribution < -0.4 is 10.3 Å². The molecule has 0 saturated heterocycles. The molecule has 138 valence electrons. The van der Waals surface area contributed by atoms with Crippen molar-refractivity contribution < 1.29 is 4.74 Å². The van der Waals surface area contributed by atoms with Gasteiger partial charge in [0.1, 0.15) is 11.6 Å². The lowest BCUT2D eigenvalue weighted by molar-refractivity contribution is 0.183. The Morgan fingerprint density at radius 3 is 2.31 bits per heavy atom. The van der Waals surface area contributed by atoms with Crippen molar-refractivity contribution >= 4 is 10.9 Å². The van der Waals surface area contributed by atoms with Gasteiger partial charge in [-0.3, -0.25) is 4.79 Å². The molecule has 2 heterocycles. The smallest absolute Gasteiger partial charge is 0.291 e. The molecule has 1 aromatic carbocycles. The van der Waals surface area contributed by atoms with Crippen LogP contribution in [0.5, 0.6) is 5.88 Å². The number of nitrogens with zero attached hydrogens (tertiary/aromatic N) is 3. The summed E-state index contributed by atoms with van der Waals surface area (Å²) in [5, 5.41) is 5.13. The maximum atomic E-state index is 12.9. The minimum absolute atomic E-state index is 0.0920. The van der Waals surface area contributed by atoms with E-state index in [4.69, 9.17) is 4.74 Å². The monoisotopic (exact) mass is 353 g/mol. The summed E-state index contributed by atoms with van der Waals surface area (Å²) in [6.07, 6.45) is 3.84. The molecule has 0 N–H and O–H groups in total. The Morgan fingerprint density at radius 1 is 1.12 bits per heavy atom. The van der Waals surface area contributed by atoms with Crippen molar-refractivity contribution in [2.24, 2.45) is 7.05 Å². The molecule has 0 radical (unpaired) electrons. The van der Waals surface area contributed by atoms with Crippen LogP contribution in [-0.2, 0) is 7.05 Å². The van der Waals surface area contributed by atoms with Crippen LogP contribution >= 0.6 is 0 Å². The average molecular weight is 353 g/mol. The zero-order valence-corrected chi connectivity index (χ0v) is 16.5. The second-order valence-electron chi connectivity index (χ2n) is 6.99. The summed E-state index contributed by atoms with van der Waals surface area (Å²) < 4.78 is 9.45. The molecule has 5 nitrogen and oxygen atoms in total. The molecule has 0 amide bonds. The van der Waals surface area contributed by atoms with Gasteiger partial charge >= 0.3 is 0 Å². The fourth-order valence-corrected chi connectivity index (χ4v) is 3.65. The summed E-state index contributed by atoms with van der Waals surface area (Å²) in [6.45, 7) is 10.4. The zero-order valence-electron chi connectivity index (χ0n) is 16.5. The van der Waals surface area contributed by atoms with Gasteiger partial charge in [-0.1, -0.05) is 31.5 Å². The topological polar surface area (TPSA) is 49.1 Å². The number of hydrogen-bond acceptors (Lipinski definition) is 3. The Hall–Kier alpha value is -2.56. The van der Waals surface area contributed by atoms with Crippen LogP contribution in [0.2, 0.25) is 0 Å². The average Bonchev–Trinajstić information content (AvgIpc) is 3.01. The lowest BCUT2D eigenvalue weighted by atomic mass is 10.0. The molecule has 0 atom stereocenters. The van der Waals surface area contributed by atoms with E-state index in [1.807, 2.05) is 16.8 Å². The molecular weight excluding hydrogens is 326 g/mol. The highest BCUT2D eigenvalue weighted by Gasteiger charge is 2.19. The van der Waals surface area contributed by atoms with Crippen molar-refractivity contribution in [1.82, 2.24) is 14.3 Å². The maximum absolute atomic E-state index is 12.9. The molecule has 0 bridgehead atoms. The third kappa shape index (κ3) is 3.02. The largest absolute Gasteiger partial charge is 0.473 e. The van der Waals surface area contributed by atoms with Crippen LogP contribution in [0.3, 0.4) is 0 Å². The summed E-state index contributed by atoms with van der Waals surface area (Å²) in [7, 11) is 1.67. The van der Waals surface area contributed by atoms with E-state index in [-0.39, 0.29) is 11.7 Å². The van der Waals surface area contributed by atoms with Gasteiger partial charge < -0.3 is 9.30 Å². The number of rotatable bonds is 5. The van der Waals surface area contributed by atoms with Crippen molar-refractivity contribution in [3.63, 3.8) is 0 Å². The number of aromatic nitrogens is 3. The van der Waals surface area contributed by atoms with Crippen LogP contribution in [0.25, 0.3) is 16.6 Å². The minimum atomic E-state index is -0.124. The molecule has 3 rings (SSSR count). The molecule has 0 fully saturated rings. The van der Waals surface area contributed by atoms with Crippen molar-refractivity contribution in [3.05, 3.63) is 51.4 Å². The van der Waals surface area contributed by atoms with Gasteiger partial charge in [-0.15, -0.1) is 5.10 Å². The Morgan fingerprint density at radius 2 is 1.73 bits per heavy atom. The molecule has 0 aliphatic heterocycles. The van der Waals surface area contributed by atoms with E-state index in [2.05, 4.69) is 51.9 Å². The molecule has 5 heteroatoms. The highest BCUT2D eigenvalue weighted by Crippen LogP contribution is 2.29. The molecule has 0 spiro atoms. The Balaban J connectivity index is 2.28. The molecule has 0 aliphatic rings. The predicted molar refractivity (Wildman–Crippen MR) is 106 cm³/mol. The van der Waals surface area contributed by atoms with E-state index in [9.17, 15) is 4.79 Å². The first-order chi connectivity index (χ1) is 12.4. The summed E-state index contributed by atoms with van der Waals surface area (Å²) in [5.41, 5.74) is 5.03. The first-order valence-electron chi connectivity index (χ1n) is 9.20. The lowest BCUT2D eigenvalue weighted by Gasteiger charge is -2.17. The van der Waals surface area contributed by atoms with Gasteiger partial charge in [-0.05, 0) is 50.8 Å². The first-order valence-corrected chi connectivity index (χ1v) is 9.20. The van der Waals surface area contributed by atoms with E-state index in [1.54, 1.807) is 7.05 Å². The third-order valence-electron chi connectivity index (χ3n) is 4.92. The van der Waals surface area contributed by atoms with Crippen molar-refractivity contribution in [2.45, 2.75) is 53.6 Å². The fraction of sp³-hybridized carbons (Fsp3) is 0.429. The maximum Gasteiger partial charge on any atom is 0.291 e. The quantitative estimate of drug-likeness (QED) is 0.690. The van der Waals surface area contributed by atoms with E-state index in [0.717, 1.165) is 35.0 Å². The van der Waals surface area contributed by atoms with Gasteiger partial charge in [0.05, 0.1) is 11.1 Å². The number of benzene rings is 1. The second kappa shape index (κ2) is 6.98. The molecule has 0 unspecified atom stereocenters. The van der Waals surface area contributed by atoms with Crippen molar-refractivity contribution in [3.8, 4) is 11.6 Å². The van der Waals surface area contributed by atoms with Crippen LogP contribution in [0.4, 0.5) is 0 Å². The van der Waals surface area contributed by atoms with Crippen LogP contribution in [0.1, 0.15) is 43.4 Å². The van der Waals surface area contributed by atoms with E-state index in [0.29, 0.717) is 11.4 Å². The Bertz CT molecular complexity index is 987. The van der Waals surface area contributed by atoms with Crippen LogP contribution in [-0.4, -0.2) is 20.5 Å². The van der Waals surface area contributed by atoms with E-state index < -0.39 is 0 Å². The highest BCUT2D eigenvalue weighted by atomic mass is 16.5. The Labute approximate surface area is 154 Å². The van der Waals surface area contributed by atoms with Crippen molar-refractivity contribution in [2.75, 3.05) is 0 Å². The van der Waals surface area contributed by atoms with Gasteiger partial charge in [0.2, 0.25) is 5.88 Å². The first kappa shape index (κ1) is 18.2. The molecule has 2 aromatic heterocycles. The summed E-state index contributed by atoms with van der Waals surface area (Å²) in [4.78, 5) is 12.9. The molecule has 0 saturated carbocycles. The number of fused-ring (bicyclic) bond motifs is 1. The second-order valence-corrected chi connectivity index (χ2v) is 6.99. The number of aryl methyl sites for hydroxylation is 4. The van der Waals surface area contributed by atoms with E-state index in [1.165, 1.54) is 10.2 Å². The molecule has 26 heavy (non-hydrogen) atoms. The zero-order chi connectivity index (χ0) is 19.0. The molecule has 0 aliphatic carbocycles. The van der Waals surface area contributed by atoms with Gasteiger partial charge in [0, 0.05) is 13.2 Å². The van der Waals surface area contributed by atoms with Gasteiger partial charge in [0.25, 0.3) is 5.56 Å². The number of ether oxygens (including phenoxy) is 1. The van der Waals surface area contributed by atoms with Gasteiger partial charge in [-0.2, -0.15) is 0 Å². The van der Waals surface area contributed by atoms with Gasteiger partial charge in [0.15, 0.2) is 0 Å². The van der Waals surface area contributed by atoms with Crippen LogP contribution in [0.15, 0.2) is 29.2 Å². The standard InChI is InChI=1S/C21H27N3O2/c1-7-16(8-2)26-20-17-9-10-24(19(17)21(25)23(6)22-20)18-14(4)11-13(3)12-15(18)5/h9-12,16H,7-8H2,1-6H3. The highest BCUT2D eigenvalue weighted by molar-refractivity contribution is 5.86. The summed E-state index contributed by atoms with van der Waals surface area (Å²) >= 11 is 0. The Kier molecular flexibility index (Phi) is 4.90. The normalized spacial score (nSPS) is 11.5. The van der Waals surface area contributed by atoms with Gasteiger partial charge in [-0.25, -0.2) is 4.68 Å². The van der Waals surface area contributed by atoms with Crippen molar-refractivity contribution in [1.29, 1.82) is 0 Å². The molecule has 3 aromatic rings. The summed E-state index contributed by atoms with van der Waals surface area (Å²) in [6, 6.07) is 6.21. The SMILES string of the molecule is CCC(CC)Oc1nn(C)c(=O)c2c1ccn2-c1c(C)cc(C)cc1C. The fourth-order valence-electron chi connectivity index (χ4n) is 3.65. The summed E-state index contributed by atoms with van der Waals surface area (Å²) in [5.74, 6) is 0.525. The molecular formula is C21H27N3O2. The lowest BCUT2D eigenvalue weighted by Crippen LogP contribution is -2.24.